The van der Waals surface area contributed by atoms with Gasteiger partial charge in [0.05, 0.1) is 18.8 Å². The third-order valence-electron chi connectivity index (χ3n) is 2.41. The van der Waals surface area contributed by atoms with Gasteiger partial charge < -0.3 is 9.47 Å². The van der Waals surface area contributed by atoms with E-state index in [0.717, 1.165) is 47.9 Å². The van der Waals surface area contributed by atoms with Gasteiger partial charge in [-0.15, -0.1) is 0 Å². The molecule has 0 N–H and O–H groups in total. The van der Waals surface area contributed by atoms with Gasteiger partial charge in [0.2, 0.25) is 0 Å². The minimum atomic E-state index is -2.78. The van der Waals surface area contributed by atoms with Gasteiger partial charge in [-0.05, 0) is 25.3 Å². The fourth-order valence-corrected chi connectivity index (χ4v) is 1.97. The molecule has 0 bridgehead atoms. The Bertz CT molecular complexity index is 216. The summed E-state index contributed by atoms with van der Waals surface area (Å²) in [7, 11) is 1.65. The zero-order valence-corrected chi connectivity index (χ0v) is 10.7. The molecule has 0 aliphatic heterocycles. The van der Waals surface area contributed by atoms with Gasteiger partial charge in [0, 0.05) is 29.7 Å². The normalized spacial score (nSPS) is 27.7. The minimum absolute atomic E-state index is 0.0579. The molecule has 2 nitrogen and oxygen atoms in total. The standard InChI is InChI=1S/C10H15F2IO2/c1-14-8-4-2-5-9(8)15-7-3-6-10(11,12)13/h3,6,8-9H,2,4-5,7H2,1H3/b6-3+. The molecule has 0 radical (unpaired) electrons. The van der Waals surface area contributed by atoms with E-state index in [1.807, 2.05) is 0 Å². The van der Waals surface area contributed by atoms with Gasteiger partial charge in [-0.2, -0.15) is 8.78 Å². The summed E-state index contributed by atoms with van der Waals surface area (Å²) in [6, 6.07) is 0. The Kier molecular flexibility index (Phi) is 5.42. The first-order valence-corrected chi connectivity index (χ1v) is 5.99. The number of allylic oxidation sites excluding steroid dienone is 1. The van der Waals surface area contributed by atoms with Crippen molar-refractivity contribution in [1.29, 1.82) is 0 Å². The van der Waals surface area contributed by atoms with Crippen molar-refractivity contribution in [2.24, 2.45) is 0 Å². The maximum atomic E-state index is 12.4. The lowest BCUT2D eigenvalue weighted by atomic mass is 10.2. The Morgan fingerprint density at radius 3 is 2.67 bits per heavy atom. The van der Waals surface area contributed by atoms with Crippen LogP contribution < -0.4 is 0 Å². The van der Waals surface area contributed by atoms with E-state index >= 15 is 0 Å². The smallest absolute Gasteiger partial charge is 0.314 e. The molecule has 0 aromatic carbocycles. The van der Waals surface area contributed by atoms with E-state index in [1.165, 1.54) is 6.08 Å². The monoisotopic (exact) mass is 332 g/mol. The Labute approximate surface area is 102 Å². The van der Waals surface area contributed by atoms with Crippen LogP contribution >= 0.6 is 22.6 Å². The van der Waals surface area contributed by atoms with Crippen LogP contribution in [-0.4, -0.2) is 29.9 Å². The van der Waals surface area contributed by atoms with Crippen LogP contribution in [0.5, 0.6) is 0 Å². The van der Waals surface area contributed by atoms with Crippen LogP contribution in [0.25, 0.3) is 0 Å². The van der Waals surface area contributed by atoms with E-state index in [0.29, 0.717) is 0 Å². The van der Waals surface area contributed by atoms with Crippen molar-refractivity contribution < 1.29 is 18.3 Å². The second-order valence-electron chi connectivity index (χ2n) is 3.52. The fraction of sp³-hybridized carbons (Fsp3) is 0.800. The van der Waals surface area contributed by atoms with Gasteiger partial charge in [-0.3, -0.25) is 0 Å². The maximum absolute atomic E-state index is 12.4. The quantitative estimate of drug-likeness (QED) is 0.437. The second kappa shape index (κ2) is 6.10. The molecule has 1 aliphatic rings. The van der Waals surface area contributed by atoms with Crippen molar-refractivity contribution >= 4 is 22.6 Å². The van der Waals surface area contributed by atoms with Crippen LogP contribution in [-0.2, 0) is 9.47 Å². The first-order valence-electron chi connectivity index (χ1n) is 4.92. The third kappa shape index (κ3) is 5.21. The highest BCUT2D eigenvalue weighted by Gasteiger charge is 2.27. The number of halogens is 3. The van der Waals surface area contributed by atoms with Gasteiger partial charge in [-0.25, -0.2) is 0 Å². The lowest BCUT2D eigenvalue weighted by Crippen LogP contribution is -2.25. The highest BCUT2D eigenvalue weighted by Crippen LogP contribution is 2.25. The molecule has 1 rings (SSSR count). The van der Waals surface area contributed by atoms with Gasteiger partial charge in [0.1, 0.15) is 0 Å². The number of hydrogen-bond acceptors (Lipinski definition) is 2. The molecule has 0 saturated heterocycles. The van der Waals surface area contributed by atoms with Gasteiger partial charge in [0.25, 0.3) is 0 Å². The highest BCUT2D eigenvalue weighted by atomic mass is 127. The molecule has 15 heavy (non-hydrogen) atoms. The predicted molar refractivity (Wildman–Crippen MR) is 62.5 cm³/mol. The molecule has 1 aliphatic carbocycles. The van der Waals surface area contributed by atoms with Crippen molar-refractivity contribution in [1.82, 2.24) is 0 Å². The summed E-state index contributed by atoms with van der Waals surface area (Å²) in [6.07, 6.45) is 5.42. The molecule has 1 saturated carbocycles. The van der Waals surface area contributed by atoms with Gasteiger partial charge >= 0.3 is 3.93 Å². The Hall–Kier alpha value is 0.250. The largest absolute Gasteiger partial charge is 0.379 e. The molecule has 0 aromatic rings. The van der Waals surface area contributed by atoms with E-state index < -0.39 is 3.93 Å². The number of alkyl halides is 3. The average Bonchev–Trinajstić information content (AvgIpc) is 2.58. The van der Waals surface area contributed by atoms with Gasteiger partial charge in [0.15, 0.2) is 0 Å². The van der Waals surface area contributed by atoms with E-state index in [-0.39, 0.29) is 18.8 Å². The maximum Gasteiger partial charge on any atom is 0.314 e. The third-order valence-corrected chi connectivity index (χ3v) is 2.77. The minimum Gasteiger partial charge on any atom is -0.379 e. The molecule has 1 fully saturated rings. The van der Waals surface area contributed by atoms with E-state index in [9.17, 15) is 8.78 Å². The molecule has 88 valence electrons. The fourth-order valence-electron chi connectivity index (χ4n) is 1.71. The van der Waals surface area contributed by atoms with Crippen molar-refractivity contribution in [2.45, 2.75) is 35.4 Å². The summed E-state index contributed by atoms with van der Waals surface area (Å²) >= 11 is 1.08. The summed E-state index contributed by atoms with van der Waals surface area (Å²) in [6.45, 7) is 0.225. The number of rotatable bonds is 5. The first kappa shape index (κ1) is 13.3. The molecule has 2 unspecified atom stereocenters. The van der Waals surface area contributed by atoms with E-state index in [1.54, 1.807) is 7.11 Å². The van der Waals surface area contributed by atoms with Crippen molar-refractivity contribution in [2.75, 3.05) is 13.7 Å². The molecular weight excluding hydrogens is 317 g/mol. The molecule has 0 aromatic heterocycles. The van der Waals surface area contributed by atoms with Crippen LogP contribution in [0.1, 0.15) is 19.3 Å². The van der Waals surface area contributed by atoms with E-state index in [4.69, 9.17) is 9.47 Å². The number of hydrogen-bond donors (Lipinski definition) is 0. The zero-order chi connectivity index (χ0) is 11.3. The van der Waals surface area contributed by atoms with Crippen molar-refractivity contribution in [3.8, 4) is 0 Å². The van der Waals surface area contributed by atoms with Crippen molar-refractivity contribution in [3.63, 3.8) is 0 Å². The Balaban J connectivity index is 2.22. The average molecular weight is 332 g/mol. The van der Waals surface area contributed by atoms with Crippen LogP contribution in [0, 0.1) is 0 Å². The predicted octanol–water partition coefficient (Wildman–Crippen LogP) is 3.15. The Morgan fingerprint density at radius 1 is 1.40 bits per heavy atom. The highest BCUT2D eigenvalue weighted by molar-refractivity contribution is 14.1. The van der Waals surface area contributed by atoms with E-state index in [2.05, 4.69) is 0 Å². The molecule has 0 heterocycles. The SMILES string of the molecule is COC1CCCC1OC/C=C/C(F)(F)I. The Morgan fingerprint density at radius 2 is 2.07 bits per heavy atom. The van der Waals surface area contributed by atoms with Crippen LogP contribution in [0.15, 0.2) is 12.2 Å². The van der Waals surface area contributed by atoms with Gasteiger partial charge in [-0.1, -0.05) is 6.08 Å². The van der Waals surface area contributed by atoms with Crippen LogP contribution in [0.4, 0.5) is 8.78 Å². The summed E-state index contributed by atoms with van der Waals surface area (Å²) < 4.78 is 32.7. The zero-order valence-electron chi connectivity index (χ0n) is 8.59. The summed E-state index contributed by atoms with van der Waals surface area (Å²) in [5.41, 5.74) is 0. The second-order valence-corrected chi connectivity index (χ2v) is 4.96. The lowest BCUT2D eigenvalue weighted by molar-refractivity contribution is -0.0286. The molecular formula is C10H15F2IO2. The van der Waals surface area contributed by atoms with Crippen molar-refractivity contribution in [3.05, 3.63) is 12.2 Å². The molecule has 0 spiro atoms. The molecule has 5 heteroatoms. The summed E-state index contributed by atoms with van der Waals surface area (Å²) in [4.78, 5) is 0. The first-order chi connectivity index (χ1) is 7.03. The summed E-state index contributed by atoms with van der Waals surface area (Å²) in [5, 5.41) is 0. The topological polar surface area (TPSA) is 18.5 Å². The van der Waals surface area contributed by atoms with Crippen LogP contribution in [0.3, 0.4) is 0 Å². The molecule has 2 atom stereocenters. The summed E-state index contributed by atoms with van der Waals surface area (Å²) in [5.74, 6) is 0. The number of ether oxygens (including phenoxy) is 2. The number of methoxy groups -OCH3 is 1. The molecule has 0 amide bonds. The van der Waals surface area contributed by atoms with Crippen LogP contribution in [0.2, 0.25) is 0 Å². The lowest BCUT2D eigenvalue weighted by Gasteiger charge is -2.17.